The highest BCUT2D eigenvalue weighted by atomic mass is 35.5. The normalized spacial score (nSPS) is 12.0. The molecule has 0 aliphatic rings. The maximum atomic E-state index is 12.7. The van der Waals surface area contributed by atoms with Crippen molar-refractivity contribution in [2.24, 2.45) is 0 Å². The predicted octanol–water partition coefficient (Wildman–Crippen LogP) is 2.86. The highest BCUT2D eigenvalue weighted by molar-refractivity contribution is 6.29. The van der Waals surface area contributed by atoms with E-state index in [-0.39, 0.29) is 16.6 Å². The maximum Gasteiger partial charge on any atom is 0.434 e. The van der Waals surface area contributed by atoms with E-state index in [0.29, 0.717) is 5.69 Å². The van der Waals surface area contributed by atoms with Gasteiger partial charge in [-0.25, -0.2) is 19.9 Å². The number of rotatable bonds is 1. The predicted molar refractivity (Wildman–Crippen MR) is 64.0 cm³/mol. The van der Waals surface area contributed by atoms with E-state index in [4.69, 9.17) is 11.6 Å². The van der Waals surface area contributed by atoms with Crippen molar-refractivity contribution in [1.82, 2.24) is 24.3 Å². The maximum absolute atomic E-state index is 12.7. The number of imidazole rings is 1. The SMILES string of the molecule is FC(F)(F)c1cn2c(-c3nccc(Cl)n3)cnc2cn1. The summed E-state index contributed by atoms with van der Waals surface area (Å²) in [6.07, 6.45) is 0.127. The van der Waals surface area contributed by atoms with Crippen molar-refractivity contribution >= 4 is 17.2 Å². The molecule has 3 aromatic heterocycles. The molecule has 20 heavy (non-hydrogen) atoms. The van der Waals surface area contributed by atoms with Crippen LogP contribution in [0.5, 0.6) is 0 Å². The Morgan fingerprint density at radius 1 is 1.10 bits per heavy atom. The van der Waals surface area contributed by atoms with Gasteiger partial charge in [0.05, 0.1) is 12.4 Å². The van der Waals surface area contributed by atoms with E-state index >= 15 is 0 Å². The zero-order valence-electron chi connectivity index (χ0n) is 9.63. The second kappa shape index (κ2) is 4.41. The molecule has 0 amide bonds. The van der Waals surface area contributed by atoms with Crippen molar-refractivity contribution in [3.63, 3.8) is 0 Å². The monoisotopic (exact) mass is 299 g/mol. The zero-order valence-corrected chi connectivity index (χ0v) is 10.4. The van der Waals surface area contributed by atoms with Gasteiger partial charge in [0.15, 0.2) is 17.2 Å². The highest BCUT2D eigenvalue weighted by Gasteiger charge is 2.33. The van der Waals surface area contributed by atoms with Crippen LogP contribution in [-0.2, 0) is 6.18 Å². The number of nitrogens with zero attached hydrogens (tertiary/aromatic N) is 5. The third-order valence-corrected chi connectivity index (χ3v) is 2.75. The van der Waals surface area contributed by atoms with Gasteiger partial charge in [-0.2, -0.15) is 13.2 Å². The molecule has 0 aromatic carbocycles. The number of fused-ring (bicyclic) bond motifs is 1. The minimum atomic E-state index is -4.54. The Morgan fingerprint density at radius 2 is 1.90 bits per heavy atom. The second-order valence-electron chi connectivity index (χ2n) is 3.84. The van der Waals surface area contributed by atoms with Crippen molar-refractivity contribution < 1.29 is 13.2 Å². The summed E-state index contributed by atoms with van der Waals surface area (Å²) in [6.45, 7) is 0. The van der Waals surface area contributed by atoms with Crippen LogP contribution in [0.25, 0.3) is 17.2 Å². The van der Waals surface area contributed by atoms with E-state index in [1.165, 1.54) is 22.9 Å². The standard InChI is InChI=1S/C11H5ClF3N5/c12-8-1-2-16-10(19-8)6-3-18-9-4-17-7(5-20(6)9)11(13,14)15/h1-5H. The van der Waals surface area contributed by atoms with Crippen LogP contribution in [0.15, 0.2) is 30.9 Å². The average Bonchev–Trinajstić information content (AvgIpc) is 2.80. The molecule has 0 aliphatic heterocycles. The minimum absolute atomic E-state index is 0.185. The van der Waals surface area contributed by atoms with Gasteiger partial charge in [0.1, 0.15) is 10.8 Å². The van der Waals surface area contributed by atoms with Crippen molar-refractivity contribution in [2.45, 2.75) is 6.18 Å². The number of hydrogen-bond acceptors (Lipinski definition) is 4. The molecule has 5 nitrogen and oxygen atoms in total. The number of halogens is 4. The lowest BCUT2D eigenvalue weighted by Gasteiger charge is -2.06. The van der Waals surface area contributed by atoms with Crippen LogP contribution in [0, 0.1) is 0 Å². The smallest absolute Gasteiger partial charge is 0.293 e. The summed E-state index contributed by atoms with van der Waals surface area (Å²) in [5, 5.41) is 0.190. The summed E-state index contributed by atoms with van der Waals surface area (Å²) in [6, 6.07) is 1.47. The molecule has 0 radical (unpaired) electrons. The molecule has 0 saturated carbocycles. The number of hydrogen-bond donors (Lipinski definition) is 0. The van der Waals surface area contributed by atoms with E-state index in [2.05, 4.69) is 19.9 Å². The summed E-state index contributed by atoms with van der Waals surface area (Å²) in [4.78, 5) is 15.2. The fraction of sp³-hybridized carbons (Fsp3) is 0.0909. The first-order valence-electron chi connectivity index (χ1n) is 5.34. The second-order valence-corrected chi connectivity index (χ2v) is 4.23. The molecule has 0 aliphatic carbocycles. The van der Waals surface area contributed by atoms with Gasteiger partial charge in [-0.05, 0) is 6.07 Å². The molecular formula is C11H5ClF3N5. The van der Waals surface area contributed by atoms with Crippen LogP contribution >= 0.6 is 11.6 Å². The lowest BCUT2D eigenvalue weighted by Crippen LogP contribution is -2.09. The van der Waals surface area contributed by atoms with E-state index in [9.17, 15) is 13.2 Å². The van der Waals surface area contributed by atoms with Gasteiger partial charge in [0, 0.05) is 12.4 Å². The van der Waals surface area contributed by atoms with Crippen molar-refractivity contribution in [2.75, 3.05) is 0 Å². The molecule has 9 heteroatoms. The minimum Gasteiger partial charge on any atom is -0.293 e. The lowest BCUT2D eigenvalue weighted by molar-refractivity contribution is -0.141. The quantitative estimate of drug-likeness (QED) is 0.648. The third kappa shape index (κ3) is 2.18. The Morgan fingerprint density at radius 3 is 2.60 bits per heavy atom. The molecule has 0 atom stereocenters. The van der Waals surface area contributed by atoms with Gasteiger partial charge in [-0.15, -0.1) is 0 Å². The molecule has 0 spiro atoms. The molecular weight excluding hydrogens is 295 g/mol. The van der Waals surface area contributed by atoms with Crippen molar-refractivity contribution in [1.29, 1.82) is 0 Å². The van der Waals surface area contributed by atoms with Crippen LogP contribution < -0.4 is 0 Å². The number of alkyl halides is 3. The first kappa shape index (κ1) is 12.8. The molecule has 0 bridgehead atoms. The Kier molecular flexibility index (Phi) is 2.82. The molecule has 0 fully saturated rings. The van der Waals surface area contributed by atoms with Gasteiger partial charge in [-0.1, -0.05) is 11.6 Å². The Labute approximate surface area is 115 Å². The van der Waals surface area contributed by atoms with E-state index in [0.717, 1.165) is 12.4 Å². The summed E-state index contributed by atoms with van der Waals surface area (Å²) in [7, 11) is 0. The summed E-state index contributed by atoms with van der Waals surface area (Å²) in [5.41, 5.74) is -0.460. The Bertz CT molecular complexity index is 783. The fourth-order valence-electron chi connectivity index (χ4n) is 1.66. The van der Waals surface area contributed by atoms with Gasteiger partial charge in [0.2, 0.25) is 0 Å². The van der Waals surface area contributed by atoms with Crippen LogP contribution in [-0.4, -0.2) is 24.3 Å². The first-order chi connectivity index (χ1) is 9.45. The van der Waals surface area contributed by atoms with Crippen LogP contribution in [0.4, 0.5) is 13.2 Å². The summed E-state index contributed by atoms with van der Waals surface area (Å²) < 4.78 is 39.2. The fourth-order valence-corrected chi connectivity index (χ4v) is 1.80. The van der Waals surface area contributed by atoms with E-state index in [1.54, 1.807) is 0 Å². The Balaban J connectivity index is 2.22. The summed E-state index contributed by atoms with van der Waals surface area (Å²) in [5.74, 6) is 0.185. The van der Waals surface area contributed by atoms with Gasteiger partial charge in [-0.3, -0.25) is 4.40 Å². The first-order valence-corrected chi connectivity index (χ1v) is 5.72. The number of aromatic nitrogens is 5. The Hall–Kier alpha value is -2.22. The largest absolute Gasteiger partial charge is 0.434 e. The topological polar surface area (TPSA) is 56.0 Å². The molecule has 0 N–H and O–H groups in total. The van der Waals surface area contributed by atoms with Crippen LogP contribution in [0.3, 0.4) is 0 Å². The molecule has 0 unspecified atom stereocenters. The third-order valence-electron chi connectivity index (χ3n) is 2.54. The van der Waals surface area contributed by atoms with Crippen molar-refractivity contribution in [3.8, 4) is 11.5 Å². The van der Waals surface area contributed by atoms with Crippen LogP contribution in [0.2, 0.25) is 5.15 Å². The summed E-state index contributed by atoms with van der Waals surface area (Å²) >= 11 is 5.74. The van der Waals surface area contributed by atoms with Gasteiger partial charge in [0.25, 0.3) is 0 Å². The average molecular weight is 300 g/mol. The van der Waals surface area contributed by atoms with E-state index in [1.807, 2.05) is 0 Å². The molecule has 0 saturated heterocycles. The highest BCUT2D eigenvalue weighted by Crippen LogP contribution is 2.28. The lowest BCUT2D eigenvalue weighted by atomic mass is 10.4. The zero-order chi connectivity index (χ0) is 14.3. The molecule has 3 aromatic rings. The van der Waals surface area contributed by atoms with Crippen LogP contribution in [0.1, 0.15) is 5.69 Å². The van der Waals surface area contributed by atoms with Crippen molar-refractivity contribution in [3.05, 3.63) is 41.7 Å². The van der Waals surface area contributed by atoms with E-state index < -0.39 is 11.9 Å². The molecule has 102 valence electrons. The molecule has 3 heterocycles. The molecule has 3 rings (SSSR count). The van der Waals surface area contributed by atoms with Gasteiger partial charge < -0.3 is 0 Å². The van der Waals surface area contributed by atoms with Gasteiger partial charge >= 0.3 is 6.18 Å².